The van der Waals surface area contributed by atoms with E-state index < -0.39 is 0 Å². The van der Waals surface area contributed by atoms with Crippen LogP contribution >= 0.6 is 15.9 Å². The average Bonchev–Trinajstić information content (AvgIpc) is 2.20. The quantitative estimate of drug-likeness (QED) is 0.317. The normalized spacial score (nSPS) is 13.0. The lowest BCUT2D eigenvalue weighted by molar-refractivity contribution is 0.550. The van der Waals surface area contributed by atoms with Crippen LogP contribution in [-0.2, 0) is 0 Å². The van der Waals surface area contributed by atoms with Crippen molar-refractivity contribution in [1.29, 1.82) is 0 Å². The zero-order valence-electron chi connectivity index (χ0n) is 10.7. The molecule has 0 aliphatic heterocycles. The van der Waals surface area contributed by atoms with Crippen LogP contribution in [-0.4, -0.2) is 4.83 Å². The summed E-state index contributed by atoms with van der Waals surface area (Å²) in [5.74, 6) is 0. The van der Waals surface area contributed by atoms with Crippen molar-refractivity contribution in [3.63, 3.8) is 0 Å². The summed E-state index contributed by atoms with van der Waals surface area (Å²) in [6.07, 6.45) is 15.8. The van der Waals surface area contributed by atoms with Gasteiger partial charge >= 0.3 is 0 Å². The van der Waals surface area contributed by atoms with Crippen molar-refractivity contribution < 1.29 is 0 Å². The van der Waals surface area contributed by atoms with Gasteiger partial charge < -0.3 is 0 Å². The average molecular weight is 277 g/mol. The van der Waals surface area contributed by atoms with Crippen molar-refractivity contribution in [1.82, 2.24) is 0 Å². The maximum Gasteiger partial charge on any atom is 0.0117 e. The molecular weight excluding hydrogens is 248 g/mol. The molecule has 0 unspecified atom stereocenters. The highest BCUT2D eigenvalue weighted by molar-refractivity contribution is 9.09. The summed E-state index contributed by atoms with van der Waals surface area (Å²) < 4.78 is 0. The van der Waals surface area contributed by atoms with Crippen LogP contribution in [0.3, 0.4) is 0 Å². The summed E-state index contributed by atoms with van der Waals surface area (Å²) >= 11 is 3.59. The fourth-order valence-corrected chi connectivity index (χ4v) is 2.24. The third kappa shape index (κ3) is 14.5. The van der Waals surface area contributed by atoms with E-state index in [1.165, 1.54) is 70.6 Å². The Morgan fingerprint density at radius 3 is 1.53 bits per heavy atom. The summed E-state index contributed by atoms with van der Waals surface area (Å²) in [6, 6.07) is 0. The molecule has 0 aliphatic carbocycles. The number of hydrogen-bond acceptors (Lipinski definition) is 0. The van der Waals surface area contributed by atoms with E-state index in [1.807, 2.05) is 0 Å². The molecule has 1 heteroatoms. The van der Waals surface area contributed by atoms with Gasteiger partial charge in [-0.1, -0.05) is 94.0 Å². The highest BCUT2D eigenvalue weighted by Crippen LogP contribution is 2.13. The lowest BCUT2D eigenvalue weighted by Crippen LogP contribution is -1.89. The van der Waals surface area contributed by atoms with Gasteiger partial charge in [-0.15, -0.1) is 0 Å². The molecule has 0 saturated carbocycles. The van der Waals surface area contributed by atoms with Gasteiger partial charge in [0.15, 0.2) is 0 Å². The molecule has 0 spiro atoms. The van der Waals surface area contributed by atoms with Crippen molar-refractivity contribution in [3.05, 3.63) is 0 Å². The van der Waals surface area contributed by atoms with Gasteiger partial charge in [0.25, 0.3) is 0 Å². The highest BCUT2D eigenvalue weighted by atomic mass is 79.9. The number of rotatable bonds is 11. The first-order valence-corrected chi connectivity index (χ1v) is 7.83. The summed E-state index contributed by atoms with van der Waals surface area (Å²) in [4.78, 5) is 0.714. The molecule has 0 heterocycles. The molecule has 0 aromatic rings. The molecule has 15 heavy (non-hydrogen) atoms. The Morgan fingerprint density at radius 2 is 1.13 bits per heavy atom. The van der Waals surface area contributed by atoms with E-state index in [9.17, 15) is 0 Å². The van der Waals surface area contributed by atoms with E-state index in [1.54, 1.807) is 0 Å². The molecule has 0 amide bonds. The van der Waals surface area contributed by atoms with Crippen molar-refractivity contribution in [2.75, 3.05) is 0 Å². The molecule has 0 fully saturated rings. The van der Waals surface area contributed by atoms with Gasteiger partial charge in [0.2, 0.25) is 0 Å². The van der Waals surface area contributed by atoms with Crippen LogP contribution in [0.4, 0.5) is 0 Å². The third-order valence-electron chi connectivity index (χ3n) is 2.96. The first-order chi connectivity index (χ1) is 7.27. The van der Waals surface area contributed by atoms with Gasteiger partial charge in [0.05, 0.1) is 0 Å². The van der Waals surface area contributed by atoms with Crippen molar-refractivity contribution in [3.8, 4) is 0 Å². The molecule has 0 aromatic heterocycles. The van der Waals surface area contributed by atoms with Crippen molar-refractivity contribution >= 4 is 15.9 Å². The van der Waals surface area contributed by atoms with E-state index >= 15 is 0 Å². The van der Waals surface area contributed by atoms with Gasteiger partial charge in [0.1, 0.15) is 0 Å². The molecule has 0 radical (unpaired) electrons. The second-order valence-corrected chi connectivity index (χ2v) is 6.31. The Kier molecular flexibility index (Phi) is 13.0. The number of hydrogen-bond donors (Lipinski definition) is 0. The van der Waals surface area contributed by atoms with Gasteiger partial charge in [-0.25, -0.2) is 0 Å². The number of halogens is 1. The fraction of sp³-hybridized carbons (Fsp3) is 1.00. The highest BCUT2D eigenvalue weighted by Gasteiger charge is 1.95. The van der Waals surface area contributed by atoms with Crippen LogP contribution < -0.4 is 0 Å². The molecule has 0 saturated heterocycles. The number of unbranched alkanes of at least 4 members (excludes halogenated alkanes) is 9. The third-order valence-corrected chi connectivity index (χ3v) is 3.41. The van der Waals surface area contributed by atoms with Crippen LogP contribution in [0.25, 0.3) is 0 Å². The van der Waals surface area contributed by atoms with E-state index in [0.29, 0.717) is 4.83 Å². The van der Waals surface area contributed by atoms with Gasteiger partial charge in [0, 0.05) is 4.83 Å². The standard InChI is InChI=1S/C14H29Br/c1-3-4-5-6-7-8-9-10-11-12-13-14(2)15/h14H,3-13H2,1-2H3/t14-/m0/s1. The molecule has 0 nitrogen and oxygen atoms in total. The topological polar surface area (TPSA) is 0 Å². The van der Waals surface area contributed by atoms with Crippen LogP contribution in [0.15, 0.2) is 0 Å². The summed E-state index contributed by atoms with van der Waals surface area (Å²) in [6.45, 7) is 4.53. The zero-order chi connectivity index (χ0) is 11.4. The fourth-order valence-electron chi connectivity index (χ4n) is 1.91. The van der Waals surface area contributed by atoms with E-state index in [0.717, 1.165) is 0 Å². The molecule has 0 aromatic carbocycles. The Bertz CT molecular complexity index is 110. The van der Waals surface area contributed by atoms with Crippen molar-refractivity contribution in [2.45, 2.75) is 89.3 Å². The first kappa shape index (κ1) is 15.5. The van der Waals surface area contributed by atoms with Crippen LogP contribution in [0.2, 0.25) is 0 Å². The smallest absolute Gasteiger partial charge is 0.0117 e. The van der Waals surface area contributed by atoms with Gasteiger partial charge in [-0.3, -0.25) is 0 Å². The lowest BCUT2D eigenvalue weighted by atomic mass is 10.1. The Hall–Kier alpha value is 0.480. The Labute approximate surface area is 105 Å². The molecule has 0 bridgehead atoms. The predicted octanol–water partition coefficient (Wildman–Crippen LogP) is 6.08. The minimum atomic E-state index is 0.714. The lowest BCUT2D eigenvalue weighted by Gasteiger charge is -2.03. The molecule has 0 rings (SSSR count). The Morgan fingerprint density at radius 1 is 0.733 bits per heavy atom. The van der Waals surface area contributed by atoms with Crippen LogP contribution in [0, 0.1) is 0 Å². The minimum Gasteiger partial charge on any atom is -0.0894 e. The summed E-state index contributed by atoms with van der Waals surface area (Å²) in [5, 5.41) is 0. The van der Waals surface area contributed by atoms with E-state index in [2.05, 4.69) is 29.8 Å². The summed E-state index contributed by atoms with van der Waals surface area (Å²) in [7, 11) is 0. The predicted molar refractivity (Wildman–Crippen MR) is 74.9 cm³/mol. The molecule has 0 N–H and O–H groups in total. The van der Waals surface area contributed by atoms with E-state index in [4.69, 9.17) is 0 Å². The van der Waals surface area contributed by atoms with Gasteiger partial charge in [-0.2, -0.15) is 0 Å². The second-order valence-electron chi connectivity index (χ2n) is 4.75. The van der Waals surface area contributed by atoms with Crippen molar-refractivity contribution in [2.24, 2.45) is 0 Å². The van der Waals surface area contributed by atoms with Crippen LogP contribution in [0.1, 0.15) is 84.5 Å². The van der Waals surface area contributed by atoms with Gasteiger partial charge in [-0.05, 0) is 6.42 Å². The maximum absolute atomic E-state index is 3.59. The molecule has 92 valence electrons. The van der Waals surface area contributed by atoms with Crippen LogP contribution in [0.5, 0.6) is 0 Å². The largest absolute Gasteiger partial charge is 0.0894 e. The monoisotopic (exact) mass is 276 g/mol. The Balaban J connectivity index is 2.87. The number of alkyl halides is 1. The molecule has 0 aliphatic rings. The summed E-state index contributed by atoms with van der Waals surface area (Å²) in [5.41, 5.74) is 0. The maximum atomic E-state index is 3.59. The first-order valence-electron chi connectivity index (χ1n) is 6.91. The molecule has 1 atom stereocenters. The van der Waals surface area contributed by atoms with E-state index in [-0.39, 0.29) is 0 Å². The SMILES string of the molecule is CCCCCCCCCCCC[C@H](C)Br. The molecular formula is C14H29Br. The minimum absolute atomic E-state index is 0.714. The second kappa shape index (κ2) is 12.5. The zero-order valence-corrected chi connectivity index (χ0v) is 12.3.